The van der Waals surface area contributed by atoms with E-state index in [0.29, 0.717) is 6.54 Å². The van der Waals surface area contributed by atoms with Crippen molar-refractivity contribution >= 4 is 17.7 Å². The number of nitrogens with zero attached hydrogens (tertiary/aromatic N) is 1. The van der Waals surface area contributed by atoms with Crippen molar-refractivity contribution in [2.45, 2.75) is 20.3 Å². The molecule has 0 radical (unpaired) electrons. The van der Waals surface area contributed by atoms with E-state index in [-0.39, 0.29) is 19.0 Å². The van der Waals surface area contributed by atoms with E-state index >= 15 is 0 Å². The predicted molar refractivity (Wildman–Crippen MR) is 69.9 cm³/mol. The van der Waals surface area contributed by atoms with Crippen molar-refractivity contribution in [1.29, 1.82) is 0 Å². The fourth-order valence-corrected chi connectivity index (χ4v) is 1.65. The lowest BCUT2D eigenvalue weighted by atomic mass is 10.2. The van der Waals surface area contributed by atoms with Crippen LogP contribution in [-0.4, -0.2) is 30.2 Å². The van der Waals surface area contributed by atoms with Gasteiger partial charge >= 0.3 is 12.0 Å². The Morgan fingerprint density at radius 2 is 2.00 bits per heavy atom. The van der Waals surface area contributed by atoms with Crippen molar-refractivity contribution < 1.29 is 14.7 Å². The zero-order valence-electron chi connectivity index (χ0n) is 10.6. The number of rotatable bonds is 5. The zero-order chi connectivity index (χ0) is 13.5. The maximum absolute atomic E-state index is 11.9. The average molecular weight is 250 g/mol. The number of carbonyl (C=O) groups is 2. The third kappa shape index (κ3) is 3.76. The number of hydrogen-bond donors (Lipinski definition) is 2. The van der Waals surface area contributed by atoms with Gasteiger partial charge < -0.3 is 10.4 Å². The molecule has 0 saturated carbocycles. The first kappa shape index (κ1) is 14.0. The minimum Gasteiger partial charge on any atom is -0.481 e. The maximum atomic E-state index is 11.9. The fourth-order valence-electron chi connectivity index (χ4n) is 1.65. The molecule has 0 unspecified atom stereocenters. The molecule has 98 valence electrons. The van der Waals surface area contributed by atoms with Crippen molar-refractivity contribution in [2.24, 2.45) is 0 Å². The van der Waals surface area contributed by atoms with Crippen LogP contribution in [0, 0.1) is 6.92 Å². The summed E-state index contributed by atoms with van der Waals surface area (Å²) in [5, 5.41) is 11.4. The molecule has 5 nitrogen and oxygen atoms in total. The molecular weight excluding hydrogens is 232 g/mol. The summed E-state index contributed by atoms with van der Waals surface area (Å²) < 4.78 is 0. The van der Waals surface area contributed by atoms with Crippen molar-refractivity contribution in [3.8, 4) is 0 Å². The molecule has 2 amide bonds. The molecule has 1 rings (SSSR count). The van der Waals surface area contributed by atoms with Gasteiger partial charge in [0.25, 0.3) is 0 Å². The summed E-state index contributed by atoms with van der Waals surface area (Å²) in [5.74, 6) is -0.919. The summed E-state index contributed by atoms with van der Waals surface area (Å²) in [4.78, 5) is 24.0. The van der Waals surface area contributed by atoms with Crippen LogP contribution in [0.2, 0.25) is 0 Å². The van der Waals surface area contributed by atoms with E-state index in [9.17, 15) is 9.59 Å². The minimum absolute atomic E-state index is 0.0779. The lowest BCUT2D eigenvalue weighted by Crippen LogP contribution is -2.41. The van der Waals surface area contributed by atoms with Crippen LogP contribution in [0.1, 0.15) is 18.9 Å². The number of anilines is 1. The number of carbonyl (C=O) groups excluding carboxylic acids is 1. The SMILES string of the molecule is CCNC(=O)N(CCC(=O)O)c1ccccc1C. The molecular formula is C13H18N2O3. The van der Waals surface area contributed by atoms with E-state index in [4.69, 9.17) is 5.11 Å². The van der Waals surface area contributed by atoms with E-state index < -0.39 is 5.97 Å². The van der Waals surface area contributed by atoms with Gasteiger partial charge in [-0.05, 0) is 25.5 Å². The highest BCUT2D eigenvalue weighted by Crippen LogP contribution is 2.19. The first-order valence-electron chi connectivity index (χ1n) is 5.89. The Labute approximate surface area is 106 Å². The van der Waals surface area contributed by atoms with Crippen molar-refractivity contribution in [3.63, 3.8) is 0 Å². The van der Waals surface area contributed by atoms with Gasteiger partial charge in [-0.1, -0.05) is 18.2 Å². The number of aryl methyl sites for hydroxylation is 1. The fraction of sp³-hybridized carbons (Fsp3) is 0.385. The smallest absolute Gasteiger partial charge is 0.321 e. The monoisotopic (exact) mass is 250 g/mol. The number of hydrogen-bond acceptors (Lipinski definition) is 2. The predicted octanol–water partition coefficient (Wildman–Crippen LogP) is 2.01. The van der Waals surface area contributed by atoms with Crippen molar-refractivity contribution in [2.75, 3.05) is 18.0 Å². The van der Waals surface area contributed by atoms with Gasteiger partial charge in [0.2, 0.25) is 0 Å². The van der Waals surface area contributed by atoms with Gasteiger partial charge in [-0.25, -0.2) is 4.79 Å². The molecule has 1 aromatic carbocycles. The summed E-state index contributed by atoms with van der Waals surface area (Å²) in [6.45, 7) is 4.38. The van der Waals surface area contributed by atoms with Gasteiger partial charge in [0.05, 0.1) is 6.42 Å². The Balaban J connectivity index is 2.93. The third-order valence-electron chi connectivity index (χ3n) is 2.53. The van der Waals surface area contributed by atoms with Crippen LogP contribution < -0.4 is 10.2 Å². The molecule has 0 spiro atoms. The Bertz CT molecular complexity index is 432. The lowest BCUT2D eigenvalue weighted by Gasteiger charge is -2.23. The van der Waals surface area contributed by atoms with Crippen LogP contribution in [0.25, 0.3) is 0 Å². The molecule has 0 heterocycles. The number of amides is 2. The Morgan fingerprint density at radius 3 is 2.56 bits per heavy atom. The summed E-state index contributed by atoms with van der Waals surface area (Å²) >= 11 is 0. The molecule has 1 aromatic rings. The second-order valence-corrected chi connectivity index (χ2v) is 3.92. The van der Waals surface area contributed by atoms with Gasteiger partial charge in [0.1, 0.15) is 0 Å². The molecule has 0 saturated heterocycles. The molecule has 2 N–H and O–H groups in total. The molecule has 5 heteroatoms. The minimum atomic E-state index is -0.919. The van der Waals surface area contributed by atoms with Crippen LogP contribution in [0.3, 0.4) is 0 Å². The van der Waals surface area contributed by atoms with Crippen LogP contribution in [-0.2, 0) is 4.79 Å². The third-order valence-corrected chi connectivity index (χ3v) is 2.53. The average Bonchev–Trinajstić information content (AvgIpc) is 2.31. The van der Waals surface area contributed by atoms with Gasteiger partial charge in [-0.15, -0.1) is 0 Å². The van der Waals surface area contributed by atoms with E-state index in [0.717, 1.165) is 11.3 Å². The highest BCUT2D eigenvalue weighted by molar-refractivity contribution is 5.93. The number of aliphatic carboxylic acids is 1. The van der Waals surface area contributed by atoms with Gasteiger partial charge in [-0.3, -0.25) is 9.69 Å². The Kier molecular flexibility index (Phi) is 5.17. The molecule has 0 atom stereocenters. The first-order chi connectivity index (χ1) is 8.56. The van der Waals surface area contributed by atoms with Crippen molar-refractivity contribution in [3.05, 3.63) is 29.8 Å². The molecule has 0 aliphatic heterocycles. The highest BCUT2D eigenvalue weighted by atomic mass is 16.4. The Hall–Kier alpha value is -2.04. The van der Waals surface area contributed by atoms with Gasteiger partial charge in [0, 0.05) is 18.8 Å². The number of benzene rings is 1. The number of urea groups is 1. The van der Waals surface area contributed by atoms with Crippen LogP contribution in [0.15, 0.2) is 24.3 Å². The number of carboxylic acid groups (broad SMARTS) is 1. The zero-order valence-corrected chi connectivity index (χ0v) is 10.6. The quantitative estimate of drug-likeness (QED) is 0.839. The summed E-state index contributed by atoms with van der Waals surface area (Å²) in [6, 6.07) is 7.14. The molecule has 0 bridgehead atoms. The van der Waals surface area contributed by atoms with Crippen molar-refractivity contribution in [1.82, 2.24) is 5.32 Å². The Morgan fingerprint density at radius 1 is 1.33 bits per heavy atom. The van der Waals surface area contributed by atoms with Gasteiger partial charge in [-0.2, -0.15) is 0 Å². The summed E-state index contributed by atoms with van der Waals surface area (Å²) in [5.41, 5.74) is 1.68. The molecule has 18 heavy (non-hydrogen) atoms. The van der Waals surface area contributed by atoms with E-state index in [1.807, 2.05) is 38.1 Å². The number of nitrogens with one attached hydrogen (secondary N) is 1. The standard InChI is InChI=1S/C13H18N2O3/c1-3-14-13(18)15(9-8-12(16)17)11-7-5-4-6-10(11)2/h4-7H,3,8-9H2,1-2H3,(H,14,18)(H,16,17). The molecule has 0 fully saturated rings. The van der Waals surface area contributed by atoms with Crippen LogP contribution in [0.4, 0.5) is 10.5 Å². The number of carboxylic acids is 1. The van der Waals surface area contributed by atoms with Crippen LogP contribution in [0.5, 0.6) is 0 Å². The van der Waals surface area contributed by atoms with Gasteiger partial charge in [0.15, 0.2) is 0 Å². The first-order valence-corrected chi connectivity index (χ1v) is 5.89. The molecule has 0 aliphatic carbocycles. The van der Waals surface area contributed by atoms with E-state index in [1.165, 1.54) is 4.90 Å². The molecule has 0 aliphatic rings. The maximum Gasteiger partial charge on any atom is 0.321 e. The summed E-state index contributed by atoms with van der Waals surface area (Å²) in [6.07, 6.45) is -0.0779. The van der Waals surface area contributed by atoms with Crippen LogP contribution >= 0.6 is 0 Å². The second-order valence-electron chi connectivity index (χ2n) is 3.92. The number of para-hydroxylation sites is 1. The second kappa shape index (κ2) is 6.64. The summed E-state index contributed by atoms with van der Waals surface area (Å²) in [7, 11) is 0. The highest BCUT2D eigenvalue weighted by Gasteiger charge is 2.17. The topological polar surface area (TPSA) is 69.6 Å². The molecule has 0 aromatic heterocycles. The largest absolute Gasteiger partial charge is 0.481 e. The van der Waals surface area contributed by atoms with E-state index in [2.05, 4.69) is 5.32 Å². The lowest BCUT2D eigenvalue weighted by molar-refractivity contribution is -0.136. The van der Waals surface area contributed by atoms with E-state index in [1.54, 1.807) is 0 Å². The normalized spacial score (nSPS) is 9.89.